The fourth-order valence-corrected chi connectivity index (χ4v) is 3.78. The van der Waals surface area contributed by atoms with Gasteiger partial charge in [-0.15, -0.1) is 0 Å². The van der Waals surface area contributed by atoms with Crippen LogP contribution in [0.15, 0.2) is 33.6 Å². The average molecular weight is 407 g/mol. The highest BCUT2D eigenvalue weighted by Gasteiger charge is 2.31. The van der Waals surface area contributed by atoms with E-state index in [0.29, 0.717) is 4.91 Å². The van der Waals surface area contributed by atoms with Crippen molar-refractivity contribution in [2.75, 3.05) is 12.3 Å². The van der Waals surface area contributed by atoms with Gasteiger partial charge in [0.1, 0.15) is 4.32 Å². The summed E-state index contributed by atoms with van der Waals surface area (Å²) in [6.07, 6.45) is 1.68. The smallest absolute Gasteiger partial charge is 0.266 e. The average Bonchev–Trinajstić information content (AvgIpc) is 2.61. The standard InChI is InChI=1S/C12H10BrNO4S3/c13-9-3-1-2-8(6-9)7-10-11(15)14(12(19)20-10)4-5-21(16,17)18/h1-3,6-7H,4-5H2,(H,16,17,18)/p-1/b10-7-. The predicted molar refractivity (Wildman–Crippen MR) is 88.6 cm³/mol. The Morgan fingerprint density at radius 2 is 2.14 bits per heavy atom. The molecule has 1 aliphatic rings. The molecule has 0 N–H and O–H groups in total. The van der Waals surface area contributed by atoms with Gasteiger partial charge in [0.05, 0.1) is 20.8 Å². The molecule has 9 heteroatoms. The van der Waals surface area contributed by atoms with Crippen LogP contribution < -0.4 is 0 Å². The fraction of sp³-hybridized carbons (Fsp3) is 0.167. The van der Waals surface area contributed by atoms with Crippen molar-refractivity contribution in [2.45, 2.75) is 0 Å². The van der Waals surface area contributed by atoms with Crippen LogP contribution in [0.25, 0.3) is 6.08 Å². The molecular formula is C12H9BrNO4S3-. The number of rotatable bonds is 4. The van der Waals surface area contributed by atoms with Crippen molar-refractivity contribution in [2.24, 2.45) is 0 Å². The molecule has 0 saturated carbocycles. The van der Waals surface area contributed by atoms with Crippen molar-refractivity contribution in [3.63, 3.8) is 0 Å². The van der Waals surface area contributed by atoms with Gasteiger partial charge < -0.3 is 4.55 Å². The first-order valence-electron chi connectivity index (χ1n) is 5.71. The monoisotopic (exact) mass is 406 g/mol. The molecule has 1 aromatic rings. The van der Waals surface area contributed by atoms with Crippen molar-refractivity contribution in [3.05, 3.63) is 39.2 Å². The third-order valence-electron chi connectivity index (χ3n) is 2.58. The van der Waals surface area contributed by atoms with E-state index in [9.17, 15) is 17.8 Å². The van der Waals surface area contributed by atoms with Crippen molar-refractivity contribution in [3.8, 4) is 0 Å². The number of hydrogen-bond donors (Lipinski definition) is 0. The number of thioether (sulfide) groups is 1. The molecule has 1 heterocycles. The number of benzene rings is 1. The van der Waals surface area contributed by atoms with E-state index in [1.807, 2.05) is 24.3 Å². The SMILES string of the molecule is O=C1/C(=C/c2cccc(Br)c2)SC(=S)N1CCS(=O)(=O)[O-]. The summed E-state index contributed by atoms with van der Waals surface area (Å²) < 4.78 is 33.1. The number of nitrogens with zero attached hydrogens (tertiary/aromatic N) is 1. The Balaban J connectivity index is 2.18. The molecule has 0 bridgehead atoms. The first kappa shape index (κ1) is 16.6. The molecule has 1 aliphatic heterocycles. The van der Waals surface area contributed by atoms with Crippen LogP contribution in [0.2, 0.25) is 0 Å². The van der Waals surface area contributed by atoms with Crippen LogP contribution in [0, 0.1) is 0 Å². The van der Waals surface area contributed by atoms with E-state index in [2.05, 4.69) is 15.9 Å². The second kappa shape index (κ2) is 6.57. The highest BCUT2D eigenvalue weighted by atomic mass is 79.9. The molecule has 5 nitrogen and oxygen atoms in total. The first-order chi connectivity index (χ1) is 9.76. The molecule has 0 aromatic heterocycles. The molecule has 1 saturated heterocycles. The van der Waals surface area contributed by atoms with Gasteiger partial charge >= 0.3 is 0 Å². The van der Waals surface area contributed by atoms with Gasteiger partial charge in [0.15, 0.2) is 0 Å². The summed E-state index contributed by atoms with van der Waals surface area (Å²) in [5.74, 6) is -1.03. The van der Waals surface area contributed by atoms with Crippen LogP contribution in [-0.4, -0.2) is 40.4 Å². The zero-order valence-corrected chi connectivity index (χ0v) is 14.5. The molecule has 0 radical (unpaired) electrons. The van der Waals surface area contributed by atoms with Crippen LogP contribution in [0.3, 0.4) is 0 Å². The largest absolute Gasteiger partial charge is 0.748 e. The molecule has 0 spiro atoms. The van der Waals surface area contributed by atoms with Gasteiger partial charge in [-0.1, -0.05) is 52.0 Å². The van der Waals surface area contributed by atoms with Crippen LogP contribution in [0.4, 0.5) is 0 Å². The maximum atomic E-state index is 12.2. The summed E-state index contributed by atoms with van der Waals surface area (Å²) >= 11 is 9.47. The molecule has 2 rings (SSSR count). The fourth-order valence-electron chi connectivity index (χ4n) is 1.64. The van der Waals surface area contributed by atoms with Gasteiger partial charge in [-0.05, 0) is 23.8 Å². The van der Waals surface area contributed by atoms with Gasteiger partial charge in [0.25, 0.3) is 5.91 Å². The van der Waals surface area contributed by atoms with Gasteiger partial charge in [0.2, 0.25) is 0 Å². The van der Waals surface area contributed by atoms with Gasteiger partial charge in [-0.3, -0.25) is 9.69 Å². The van der Waals surface area contributed by atoms with Crippen molar-refractivity contribution in [1.29, 1.82) is 0 Å². The molecule has 0 aliphatic carbocycles. The summed E-state index contributed by atoms with van der Waals surface area (Å²) in [6, 6.07) is 7.37. The lowest BCUT2D eigenvalue weighted by Crippen LogP contribution is -2.32. The van der Waals surface area contributed by atoms with Gasteiger partial charge in [0, 0.05) is 11.0 Å². The summed E-state index contributed by atoms with van der Waals surface area (Å²) in [6.45, 7) is -0.216. The van der Waals surface area contributed by atoms with Gasteiger partial charge in [-0.25, -0.2) is 8.42 Å². The lowest BCUT2D eigenvalue weighted by Gasteiger charge is -2.15. The Kier molecular flexibility index (Phi) is 5.20. The number of hydrogen-bond acceptors (Lipinski definition) is 6. The van der Waals surface area contributed by atoms with E-state index >= 15 is 0 Å². The van der Waals surface area contributed by atoms with E-state index in [-0.39, 0.29) is 16.8 Å². The third kappa shape index (κ3) is 4.62. The molecule has 0 unspecified atom stereocenters. The second-order valence-electron chi connectivity index (χ2n) is 4.15. The molecule has 112 valence electrons. The van der Waals surface area contributed by atoms with E-state index in [4.69, 9.17) is 12.2 Å². The molecule has 1 fully saturated rings. The Morgan fingerprint density at radius 1 is 1.43 bits per heavy atom. The Morgan fingerprint density at radius 3 is 2.76 bits per heavy atom. The molecule has 1 aromatic carbocycles. The van der Waals surface area contributed by atoms with E-state index in [0.717, 1.165) is 26.7 Å². The first-order valence-corrected chi connectivity index (χ1v) is 9.30. The number of thiocarbonyl (C=S) groups is 1. The zero-order valence-electron chi connectivity index (χ0n) is 10.5. The van der Waals surface area contributed by atoms with Crippen LogP contribution in [0.1, 0.15) is 5.56 Å². The van der Waals surface area contributed by atoms with E-state index < -0.39 is 15.9 Å². The second-order valence-corrected chi connectivity index (χ2v) is 8.27. The topological polar surface area (TPSA) is 77.5 Å². The normalized spacial score (nSPS) is 17.8. The highest BCUT2D eigenvalue weighted by molar-refractivity contribution is 9.10. The van der Waals surface area contributed by atoms with Crippen molar-refractivity contribution in [1.82, 2.24) is 4.90 Å². The molecule has 21 heavy (non-hydrogen) atoms. The summed E-state index contributed by atoms with van der Waals surface area (Å²) in [7, 11) is -4.38. The van der Waals surface area contributed by atoms with E-state index in [1.165, 1.54) is 0 Å². The molecule has 0 atom stereocenters. The zero-order chi connectivity index (χ0) is 15.6. The highest BCUT2D eigenvalue weighted by Crippen LogP contribution is 2.32. The predicted octanol–water partition coefficient (Wildman–Crippen LogP) is 2.20. The Labute approximate surface area is 140 Å². The maximum Gasteiger partial charge on any atom is 0.266 e. The van der Waals surface area contributed by atoms with Crippen LogP contribution in [0.5, 0.6) is 0 Å². The minimum Gasteiger partial charge on any atom is -0.748 e. The minimum absolute atomic E-state index is 0.216. The number of carbonyl (C=O) groups is 1. The van der Waals surface area contributed by atoms with Gasteiger partial charge in [-0.2, -0.15) is 0 Å². The third-order valence-corrected chi connectivity index (χ3v) is 5.14. The number of amides is 1. The lowest BCUT2D eigenvalue weighted by molar-refractivity contribution is -0.121. The van der Waals surface area contributed by atoms with Crippen LogP contribution in [-0.2, 0) is 14.9 Å². The Hall–Kier alpha value is -0.740. The lowest BCUT2D eigenvalue weighted by atomic mass is 10.2. The number of halogens is 1. The summed E-state index contributed by atoms with van der Waals surface area (Å²) in [4.78, 5) is 13.7. The van der Waals surface area contributed by atoms with Crippen molar-refractivity contribution < 1.29 is 17.8 Å². The van der Waals surface area contributed by atoms with Crippen molar-refractivity contribution >= 4 is 66.3 Å². The maximum absolute atomic E-state index is 12.2. The molecule has 1 amide bonds. The summed E-state index contributed by atoms with van der Waals surface area (Å²) in [5, 5.41) is 0. The molecular weight excluding hydrogens is 398 g/mol. The number of carbonyl (C=O) groups excluding carboxylic acids is 1. The van der Waals surface area contributed by atoms with E-state index in [1.54, 1.807) is 6.08 Å². The van der Waals surface area contributed by atoms with Crippen LogP contribution >= 0.6 is 39.9 Å². The summed E-state index contributed by atoms with van der Waals surface area (Å²) in [5.41, 5.74) is 0.821. The minimum atomic E-state index is -4.38. The Bertz CT molecular complexity index is 730. The quantitative estimate of drug-likeness (QED) is 0.433.